The van der Waals surface area contributed by atoms with Crippen LogP contribution in [-0.4, -0.2) is 29.8 Å². The highest BCUT2D eigenvalue weighted by Crippen LogP contribution is 2.27. The first-order chi connectivity index (χ1) is 12.1. The van der Waals surface area contributed by atoms with E-state index < -0.39 is 0 Å². The lowest BCUT2D eigenvalue weighted by Crippen LogP contribution is -2.20. The fourth-order valence-electron chi connectivity index (χ4n) is 1.98. The maximum Gasteiger partial charge on any atom is 0.264 e. The van der Waals surface area contributed by atoms with Crippen molar-refractivity contribution in [1.29, 1.82) is 0 Å². The number of hydrogen-bond donors (Lipinski definition) is 1. The molecule has 0 atom stereocenters. The maximum absolute atomic E-state index is 12.0. The zero-order chi connectivity index (χ0) is 17.6. The van der Waals surface area contributed by atoms with E-state index in [9.17, 15) is 4.79 Å². The number of nitrogens with one attached hydrogen (secondary N) is 1. The minimum Gasteiger partial charge on any atom is -0.497 e. The highest BCUT2D eigenvalue weighted by Gasteiger charge is 2.10. The average molecular weight is 376 g/mol. The third kappa shape index (κ3) is 4.68. The molecule has 0 bridgehead atoms. The van der Waals surface area contributed by atoms with Gasteiger partial charge in [0.25, 0.3) is 5.91 Å². The number of carbonyl (C=O) groups is 1. The number of ether oxygens (including phenoxy) is 2. The molecule has 8 heteroatoms. The number of nitrogens with zero attached hydrogens (tertiary/aromatic N) is 2. The number of rotatable bonds is 6. The fraction of sp³-hybridized carbons (Fsp3) is 0.118. The Morgan fingerprint density at radius 3 is 2.68 bits per heavy atom. The van der Waals surface area contributed by atoms with Crippen LogP contribution >= 0.6 is 22.9 Å². The summed E-state index contributed by atoms with van der Waals surface area (Å²) in [6, 6.07) is 14.3. The minimum atomic E-state index is -0.318. The van der Waals surface area contributed by atoms with Gasteiger partial charge in [0.15, 0.2) is 6.61 Å². The average Bonchev–Trinajstić information content (AvgIpc) is 3.09. The summed E-state index contributed by atoms with van der Waals surface area (Å²) < 4.78 is 10.5. The van der Waals surface area contributed by atoms with Gasteiger partial charge in [-0.25, -0.2) is 0 Å². The lowest BCUT2D eigenvalue weighted by Gasteiger charge is -2.07. The Kier molecular flexibility index (Phi) is 5.47. The van der Waals surface area contributed by atoms with Crippen LogP contribution in [0, 0.1) is 0 Å². The lowest BCUT2D eigenvalue weighted by molar-refractivity contribution is -0.118. The predicted octanol–water partition coefficient (Wildman–Crippen LogP) is 3.88. The molecule has 1 N–H and O–H groups in total. The third-order valence-electron chi connectivity index (χ3n) is 3.17. The van der Waals surface area contributed by atoms with Crippen LogP contribution in [-0.2, 0) is 4.79 Å². The van der Waals surface area contributed by atoms with E-state index in [0.717, 1.165) is 5.56 Å². The quantitative estimate of drug-likeness (QED) is 0.707. The molecule has 0 spiro atoms. The number of amides is 1. The Morgan fingerprint density at radius 1 is 1.16 bits per heavy atom. The summed E-state index contributed by atoms with van der Waals surface area (Å²) in [4.78, 5) is 12.0. The third-order valence-corrected chi connectivity index (χ3v) is 4.31. The first-order valence-electron chi connectivity index (χ1n) is 7.30. The summed E-state index contributed by atoms with van der Waals surface area (Å²) in [5, 5.41) is 12.4. The van der Waals surface area contributed by atoms with Crippen molar-refractivity contribution in [1.82, 2.24) is 10.2 Å². The minimum absolute atomic E-state index is 0.136. The molecular formula is C17H14ClN3O3S. The molecule has 128 valence electrons. The van der Waals surface area contributed by atoms with Gasteiger partial charge in [-0.3, -0.25) is 10.1 Å². The van der Waals surface area contributed by atoms with E-state index in [0.29, 0.717) is 26.7 Å². The van der Waals surface area contributed by atoms with Crippen molar-refractivity contribution < 1.29 is 14.3 Å². The summed E-state index contributed by atoms with van der Waals surface area (Å²) in [5.74, 6) is 0.893. The van der Waals surface area contributed by atoms with Crippen LogP contribution in [0.25, 0.3) is 10.6 Å². The molecule has 0 aliphatic rings. The Labute approximate surface area is 153 Å². The fourth-order valence-corrected chi connectivity index (χ4v) is 2.87. The van der Waals surface area contributed by atoms with Gasteiger partial charge in [-0.15, -0.1) is 10.2 Å². The zero-order valence-electron chi connectivity index (χ0n) is 13.2. The zero-order valence-corrected chi connectivity index (χ0v) is 14.8. The first kappa shape index (κ1) is 17.2. The smallest absolute Gasteiger partial charge is 0.264 e. The largest absolute Gasteiger partial charge is 0.497 e. The van der Waals surface area contributed by atoms with Crippen LogP contribution < -0.4 is 14.8 Å². The predicted molar refractivity (Wildman–Crippen MR) is 97.5 cm³/mol. The van der Waals surface area contributed by atoms with Gasteiger partial charge in [0.2, 0.25) is 5.13 Å². The molecule has 1 amide bonds. The molecule has 1 heterocycles. The normalized spacial score (nSPS) is 10.3. The Morgan fingerprint density at radius 2 is 1.92 bits per heavy atom. The van der Waals surface area contributed by atoms with E-state index in [1.165, 1.54) is 11.3 Å². The molecule has 0 fully saturated rings. The number of methoxy groups -OCH3 is 1. The van der Waals surface area contributed by atoms with E-state index in [2.05, 4.69) is 15.5 Å². The second kappa shape index (κ2) is 7.96. The molecule has 0 saturated heterocycles. The van der Waals surface area contributed by atoms with E-state index in [1.54, 1.807) is 43.5 Å². The maximum atomic E-state index is 12.0. The molecule has 0 radical (unpaired) electrons. The first-order valence-corrected chi connectivity index (χ1v) is 8.49. The van der Waals surface area contributed by atoms with Crippen molar-refractivity contribution in [3.63, 3.8) is 0 Å². The molecule has 0 unspecified atom stereocenters. The highest BCUT2D eigenvalue weighted by atomic mass is 35.5. The van der Waals surface area contributed by atoms with E-state index >= 15 is 0 Å². The van der Waals surface area contributed by atoms with Gasteiger partial charge < -0.3 is 9.47 Å². The Bertz CT molecular complexity index is 868. The van der Waals surface area contributed by atoms with Crippen LogP contribution in [0.1, 0.15) is 0 Å². The molecular weight excluding hydrogens is 362 g/mol. The van der Waals surface area contributed by atoms with Crippen molar-refractivity contribution in [2.75, 3.05) is 19.0 Å². The molecule has 1 aromatic heterocycles. The van der Waals surface area contributed by atoms with Crippen molar-refractivity contribution >= 4 is 34.0 Å². The highest BCUT2D eigenvalue weighted by molar-refractivity contribution is 7.18. The van der Waals surface area contributed by atoms with E-state index in [1.807, 2.05) is 12.1 Å². The summed E-state index contributed by atoms with van der Waals surface area (Å²) in [6.07, 6.45) is 0. The second-order valence-electron chi connectivity index (χ2n) is 4.94. The van der Waals surface area contributed by atoms with Gasteiger partial charge in [0, 0.05) is 16.7 Å². The van der Waals surface area contributed by atoms with Crippen molar-refractivity contribution in [3.8, 4) is 22.1 Å². The Hall–Kier alpha value is -2.64. The standard InChI is InChI=1S/C17H14ClN3O3S/c1-23-13-3-2-4-14(9-13)24-10-15(22)19-17-21-20-16(25-17)11-5-7-12(18)8-6-11/h2-9H,10H2,1H3,(H,19,21,22). The monoisotopic (exact) mass is 375 g/mol. The molecule has 0 aliphatic heterocycles. The Balaban J connectivity index is 1.57. The van der Waals surface area contributed by atoms with Gasteiger partial charge in [-0.05, 0) is 24.3 Å². The summed E-state index contributed by atoms with van der Waals surface area (Å²) in [6.45, 7) is -0.136. The molecule has 0 saturated carbocycles. The number of benzene rings is 2. The van der Waals surface area contributed by atoms with Crippen LogP contribution in [0.5, 0.6) is 11.5 Å². The molecule has 6 nitrogen and oxygen atoms in total. The van der Waals surface area contributed by atoms with Crippen molar-refractivity contribution in [2.45, 2.75) is 0 Å². The number of hydrogen-bond acceptors (Lipinski definition) is 6. The molecule has 2 aromatic carbocycles. The van der Waals surface area contributed by atoms with Crippen molar-refractivity contribution in [3.05, 3.63) is 53.6 Å². The molecule has 3 rings (SSSR count). The van der Waals surface area contributed by atoms with Gasteiger partial charge >= 0.3 is 0 Å². The summed E-state index contributed by atoms with van der Waals surface area (Å²) in [5.41, 5.74) is 0.884. The van der Waals surface area contributed by atoms with Crippen LogP contribution in [0.3, 0.4) is 0 Å². The van der Waals surface area contributed by atoms with Gasteiger partial charge in [0.1, 0.15) is 16.5 Å². The lowest BCUT2D eigenvalue weighted by atomic mass is 10.2. The van der Waals surface area contributed by atoms with E-state index in [-0.39, 0.29) is 12.5 Å². The topological polar surface area (TPSA) is 73.3 Å². The molecule has 0 aliphatic carbocycles. The summed E-state index contributed by atoms with van der Waals surface area (Å²) >= 11 is 7.14. The van der Waals surface area contributed by atoms with E-state index in [4.69, 9.17) is 21.1 Å². The number of anilines is 1. The number of aromatic nitrogens is 2. The van der Waals surface area contributed by atoms with Crippen LogP contribution in [0.2, 0.25) is 5.02 Å². The number of halogens is 1. The van der Waals surface area contributed by atoms with Crippen LogP contribution in [0.4, 0.5) is 5.13 Å². The van der Waals surface area contributed by atoms with Crippen LogP contribution in [0.15, 0.2) is 48.5 Å². The molecule has 3 aromatic rings. The van der Waals surface area contributed by atoms with Gasteiger partial charge in [0.05, 0.1) is 7.11 Å². The summed E-state index contributed by atoms with van der Waals surface area (Å²) in [7, 11) is 1.57. The van der Waals surface area contributed by atoms with Gasteiger partial charge in [-0.1, -0.05) is 41.1 Å². The second-order valence-corrected chi connectivity index (χ2v) is 6.35. The SMILES string of the molecule is COc1cccc(OCC(=O)Nc2nnc(-c3ccc(Cl)cc3)s2)c1. The molecule has 25 heavy (non-hydrogen) atoms. The number of carbonyl (C=O) groups excluding carboxylic acids is 1. The van der Waals surface area contributed by atoms with Gasteiger partial charge in [-0.2, -0.15) is 0 Å². The van der Waals surface area contributed by atoms with Crippen molar-refractivity contribution in [2.24, 2.45) is 0 Å².